The summed E-state index contributed by atoms with van der Waals surface area (Å²) in [5.41, 5.74) is 0. The van der Waals surface area contributed by atoms with Gasteiger partial charge >= 0.3 is 0 Å². The van der Waals surface area contributed by atoms with Gasteiger partial charge in [-0.3, -0.25) is 0 Å². The Morgan fingerprint density at radius 3 is 2.36 bits per heavy atom. The number of halogens is 1. The molecule has 7 nitrogen and oxygen atoms in total. The maximum absolute atomic E-state index is 4.60. The number of rotatable bonds is 4. The van der Waals surface area contributed by atoms with Crippen molar-refractivity contribution in [2.75, 3.05) is 5.32 Å². The monoisotopic (exact) mass is 359 g/mol. The number of nitrogens with one attached hydrogen (secondary N) is 1. The zero-order valence-electron chi connectivity index (χ0n) is 11.7. The highest BCUT2D eigenvalue weighted by atomic mass is 79.9. The first-order chi connectivity index (χ1) is 10.8. The molecule has 1 aliphatic carbocycles. The summed E-state index contributed by atoms with van der Waals surface area (Å²) in [6.45, 7) is 0. The van der Waals surface area contributed by atoms with Crippen LogP contribution in [0.25, 0.3) is 11.8 Å². The molecule has 4 rings (SSSR count). The molecule has 0 unspecified atom stereocenters. The van der Waals surface area contributed by atoms with Gasteiger partial charge < -0.3 is 5.32 Å². The van der Waals surface area contributed by atoms with Crippen LogP contribution in [0.2, 0.25) is 0 Å². The lowest BCUT2D eigenvalue weighted by atomic mass is 9.93. The van der Waals surface area contributed by atoms with E-state index in [9.17, 15) is 0 Å². The van der Waals surface area contributed by atoms with E-state index in [0.717, 1.165) is 10.3 Å². The average molecular weight is 360 g/mol. The van der Waals surface area contributed by atoms with E-state index in [1.54, 1.807) is 21.8 Å². The standard InChI is InChI=1S/C14H14BrN7/c15-11-12(18-10-4-1-5-10)19-14(22-9-3-7-17-22)20-13(11)21-8-2-6-16-21/h2-3,6-10H,1,4-5H2,(H,18,19,20). The predicted octanol–water partition coefficient (Wildman–Crippen LogP) is 2.57. The van der Waals surface area contributed by atoms with Crippen LogP contribution >= 0.6 is 15.9 Å². The van der Waals surface area contributed by atoms with Crippen LogP contribution in [-0.4, -0.2) is 35.6 Å². The first-order valence-corrected chi connectivity index (χ1v) is 7.94. The molecule has 1 aliphatic rings. The molecule has 0 bridgehead atoms. The van der Waals surface area contributed by atoms with Gasteiger partial charge in [0.2, 0.25) is 0 Å². The molecule has 1 N–H and O–H groups in total. The van der Waals surface area contributed by atoms with Crippen LogP contribution in [0, 0.1) is 0 Å². The Balaban J connectivity index is 1.82. The maximum atomic E-state index is 4.60. The fraction of sp³-hybridized carbons (Fsp3) is 0.286. The van der Waals surface area contributed by atoms with Gasteiger partial charge in [-0.15, -0.1) is 0 Å². The molecule has 0 atom stereocenters. The van der Waals surface area contributed by atoms with Crippen LogP contribution in [0.1, 0.15) is 19.3 Å². The molecule has 0 aliphatic heterocycles. The van der Waals surface area contributed by atoms with E-state index in [0.29, 0.717) is 17.8 Å². The molecule has 3 aromatic heterocycles. The second-order valence-electron chi connectivity index (χ2n) is 5.18. The minimum absolute atomic E-state index is 0.474. The SMILES string of the molecule is Brc1c(NC2CCC2)nc(-n2cccn2)nc1-n1cccn1. The number of aromatic nitrogens is 6. The van der Waals surface area contributed by atoms with Crippen LogP contribution in [0.5, 0.6) is 0 Å². The number of hydrogen-bond acceptors (Lipinski definition) is 5. The first kappa shape index (κ1) is 13.4. The van der Waals surface area contributed by atoms with Crippen molar-refractivity contribution in [2.45, 2.75) is 25.3 Å². The van der Waals surface area contributed by atoms with Gasteiger partial charge in [0.15, 0.2) is 5.82 Å². The second-order valence-corrected chi connectivity index (χ2v) is 5.98. The molecule has 0 aromatic carbocycles. The Bertz CT molecular complexity index is 763. The summed E-state index contributed by atoms with van der Waals surface area (Å²) in [6, 6.07) is 4.18. The highest BCUT2D eigenvalue weighted by Gasteiger charge is 2.22. The molecular formula is C14H14BrN7. The minimum atomic E-state index is 0.474. The molecule has 112 valence electrons. The largest absolute Gasteiger partial charge is 0.366 e. The Morgan fingerprint density at radius 1 is 1.05 bits per heavy atom. The molecule has 3 heterocycles. The number of hydrogen-bond donors (Lipinski definition) is 1. The quantitative estimate of drug-likeness (QED) is 0.774. The van der Waals surface area contributed by atoms with Crippen LogP contribution in [0.15, 0.2) is 41.4 Å². The summed E-state index contributed by atoms with van der Waals surface area (Å²) < 4.78 is 4.16. The van der Waals surface area contributed by atoms with E-state index >= 15 is 0 Å². The lowest BCUT2D eigenvalue weighted by Gasteiger charge is -2.27. The van der Waals surface area contributed by atoms with Gasteiger partial charge in [-0.25, -0.2) is 9.36 Å². The van der Waals surface area contributed by atoms with Gasteiger partial charge in [0.05, 0.1) is 0 Å². The topological polar surface area (TPSA) is 73.5 Å². The van der Waals surface area contributed by atoms with Crippen molar-refractivity contribution < 1.29 is 0 Å². The maximum Gasteiger partial charge on any atom is 0.254 e. The smallest absolute Gasteiger partial charge is 0.254 e. The predicted molar refractivity (Wildman–Crippen MR) is 85.2 cm³/mol. The third-order valence-electron chi connectivity index (χ3n) is 3.70. The van der Waals surface area contributed by atoms with Crippen molar-refractivity contribution in [1.29, 1.82) is 0 Å². The van der Waals surface area contributed by atoms with E-state index in [4.69, 9.17) is 0 Å². The summed E-state index contributed by atoms with van der Waals surface area (Å²) >= 11 is 3.60. The first-order valence-electron chi connectivity index (χ1n) is 7.15. The van der Waals surface area contributed by atoms with Gasteiger partial charge in [0, 0.05) is 30.8 Å². The molecular weight excluding hydrogens is 346 g/mol. The summed E-state index contributed by atoms with van der Waals surface area (Å²) in [6.07, 6.45) is 10.7. The zero-order chi connectivity index (χ0) is 14.9. The second kappa shape index (κ2) is 5.53. The van der Waals surface area contributed by atoms with E-state index in [1.165, 1.54) is 19.3 Å². The fourth-order valence-electron chi connectivity index (χ4n) is 2.30. The summed E-state index contributed by atoms with van der Waals surface area (Å²) in [5.74, 6) is 1.98. The van der Waals surface area contributed by atoms with E-state index < -0.39 is 0 Å². The van der Waals surface area contributed by atoms with Gasteiger partial charge in [-0.2, -0.15) is 20.2 Å². The molecule has 1 fully saturated rings. The average Bonchev–Trinajstić information content (AvgIpc) is 3.17. The highest BCUT2D eigenvalue weighted by Crippen LogP contribution is 2.30. The van der Waals surface area contributed by atoms with Gasteiger partial charge in [0.25, 0.3) is 5.95 Å². The Hall–Kier alpha value is -2.22. The van der Waals surface area contributed by atoms with Crippen molar-refractivity contribution in [3.05, 3.63) is 41.4 Å². The van der Waals surface area contributed by atoms with Crippen LogP contribution in [-0.2, 0) is 0 Å². The number of nitrogens with zero attached hydrogens (tertiary/aromatic N) is 6. The number of anilines is 1. The van der Waals surface area contributed by atoms with Crippen LogP contribution < -0.4 is 5.32 Å². The molecule has 8 heteroatoms. The summed E-state index contributed by atoms with van der Waals surface area (Å²) in [4.78, 5) is 9.17. The lowest BCUT2D eigenvalue weighted by molar-refractivity contribution is 0.444. The fourth-order valence-corrected chi connectivity index (χ4v) is 2.77. The van der Waals surface area contributed by atoms with Crippen molar-refractivity contribution in [3.8, 4) is 11.8 Å². The molecule has 1 saturated carbocycles. The van der Waals surface area contributed by atoms with Crippen molar-refractivity contribution in [2.24, 2.45) is 0 Å². The summed E-state index contributed by atoms with van der Waals surface area (Å²) in [5, 5.41) is 11.9. The van der Waals surface area contributed by atoms with Crippen molar-refractivity contribution in [1.82, 2.24) is 29.5 Å². The normalized spacial score (nSPS) is 14.8. The third-order valence-corrected chi connectivity index (χ3v) is 4.43. The Morgan fingerprint density at radius 2 is 1.77 bits per heavy atom. The van der Waals surface area contributed by atoms with E-state index in [2.05, 4.69) is 41.4 Å². The molecule has 0 amide bonds. The van der Waals surface area contributed by atoms with Gasteiger partial charge in [-0.1, -0.05) is 0 Å². The third kappa shape index (κ3) is 2.39. The van der Waals surface area contributed by atoms with Gasteiger partial charge in [-0.05, 0) is 47.3 Å². The molecule has 0 saturated heterocycles. The van der Waals surface area contributed by atoms with Crippen molar-refractivity contribution >= 4 is 21.7 Å². The van der Waals surface area contributed by atoms with Gasteiger partial charge in [0.1, 0.15) is 10.3 Å². The lowest BCUT2D eigenvalue weighted by Crippen LogP contribution is -2.28. The van der Waals surface area contributed by atoms with E-state index in [1.807, 2.05) is 24.5 Å². The van der Waals surface area contributed by atoms with E-state index in [-0.39, 0.29) is 0 Å². The molecule has 3 aromatic rings. The highest BCUT2D eigenvalue weighted by molar-refractivity contribution is 9.10. The molecule has 22 heavy (non-hydrogen) atoms. The molecule has 0 radical (unpaired) electrons. The van der Waals surface area contributed by atoms with Crippen molar-refractivity contribution in [3.63, 3.8) is 0 Å². The Kier molecular flexibility index (Phi) is 3.38. The van der Waals surface area contributed by atoms with Crippen LogP contribution in [0.3, 0.4) is 0 Å². The minimum Gasteiger partial charge on any atom is -0.366 e. The Labute approximate surface area is 135 Å². The molecule has 0 spiro atoms. The van der Waals surface area contributed by atoms with Crippen LogP contribution in [0.4, 0.5) is 5.82 Å². The zero-order valence-corrected chi connectivity index (χ0v) is 13.3. The summed E-state index contributed by atoms with van der Waals surface area (Å²) in [7, 11) is 0.